The molecule has 0 fully saturated rings. The van der Waals surface area contributed by atoms with E-state index < -0.39 is 0 Å². The quantitative estimate of drug-likeness (QED) is 0.215. The minimum Gasteiger partial charge on any atom is -0.489 e. The van der Waals surface area contributed by atoms with Gasteiger partial charge in [0.2, 0.25) is 0 Å². The zero-order valence-electron chi connectivity index (χ0n) is 20.5. The maximum Gasteiger partial charge on any atom is 0.119 e. The number of ether oxygens (including phenoxy) is 1. The van der Waals surface area contributed by atoms with Crippen molar-refractivity contribution in [1.29, 1.82) is 0 Å². The summed E-state index contributed by atoms with van der Waals surface area (Å²) in [4.78, 5) is 0. The first-order chi connectivity index (χ1) is 14.5. The van der Waals surface area contributed by atoms with Crippen molar-refractivity contribution in [2.75, 3.05) is 0 Å². The SMILES string of the molecule is CCCCCCCCCCCCCCCCCCC(Oc1ccccc1)C(C)(C)N. The van der Waals surface area contributed by atoms with Gasteiger partial charge < -0.3 is 10.5 Å². The molecule has 1 aromatic rings. The van der Waals surface area contributed by atoms with Crippen molar-refractivity contribution in [2.45, 2.75) is 142 Å². The van der Waals surface area contributed by atoms with Gasteiger partial charge in [-0.25, -0.2) is 0 Å². The molecule has 0 aliphatic carbocycles. The van der Waals surface area contributed by atoms with Crippen LogP contribution in [0.2, 0.25) is 0 Å². The number of hydrogen-bond acceptors (Lipinski definition) is 2. The third kappa shape index (κ3) is 14.9. The zero-order valence-corrected chi connectivity index (χ0v) is 20.5. The Labute approximate surface area is 188 Å². The smallest absolute Gasteiger partial charge is 0.119 e. The first-order valence-corrected chi connectivity index (χ1v) is 13.0. The average Bonchev–Trinajstić information content (AvgIpc) is 2.72. The second kappa shape index (κ2) is 17.6. The van der Waals surface area contributed by atoms with E-state index in [0.29, 0.717) is 0 Å². The van der Waals surface area contributed by atoms with Crippen molar-refractivity contribution in [1.82, 2.24) is 0 Å². The highest BCUT2D eigenvalue weighted by Gasteiger charge is 2.26. The Morgan fingerprint density at radius 2 is 1.07 bits per heavy atom. The number of para-hydroxylation sites is 1. The molecule has 0 bridgehead atoms. The van der Waals surface area contributed by atoms with Gasteiger partial charge in [-0.05, 0) is 38.8 Å². The minimum absolute atomic E-state index is 0.0755. The van der Waals surface area contributed by atoms with E-state index >= 15 is 0 Å². The van der Waals surface area contributed by atoms with E-state index in [1.165, 1.54) is 103 Å². The summed E-state index contributed by atoms with van der Waals surface area (Å²) in [6, 6.07) is 10.1. The normalized spacial score (nSPS) is 12.8. The number of unbranched alkanes of at least 4 members (excludes halogenated alkanes) is 15. The van der Waals surface area contributed by atoms with Crippen molar-refractivity contribution in [3.63, 3.8) is 0 Å². The second-order valence-electron chi connectivity index (χ2n) is 9.83. The van der Waals surface area contributed by atoms with Crippen molar-refractivity contribution >= 4 is 0 Å². The lowest BCUT2D eigenvalue weighted by Gasteiger charge is -2.31. The van der Waals surface area contributed by atoms with Gasteiger partial charge in [0.05, 0.1) is 0 Å². The van der Waals surface area contributed by atoms with Gasteiger partial charge in [0, 0.05) is 5.54 Å². The van der Waals surface area contributed by atoms with Crippen molar-refractivity contribution in [2.24, 2.45) is 5.73 Å². The van der Waals surface area contributed by atoms with Gasteiger partial charge in [-0.1, -0.05) is 121 Å². The molecule has 0 radical (unpaired) electrons. The van der Waals surface area contributed by atoms with Gasteiger partial charge in [-0.2, -0.15) is 0 Å². The Kier molecular flexibility index (Phi) is 15.9. The van der Waals surface area contributed by atoms with Crippen molar-refractivity contribution in [3.05, 3.63) is 30.3 Å². The van der Waals surface area contributed by atoms with Crippen LogP contribution in [0.4, 0.5) is 0 Å². The van der Waals surface area contributed by atoms with Crippen LogP contribution in [-0.2, 0) is 0 Å². The van der Waals surface area contributed by atoms with E-state index in [2.05, 4.69) is 20.8 Å². The monoisotopic (exact) mass is 417 g/mol. The number of hydrogen-bond donors (Lipinski definition) is 1. The van der Waals surface area contributed by atoms with Crippen LogP contribution in [0, 0.1) is 0 Å². The van der Waals surface area contributed by atoms with Crippen LogP contribution in [0.5, 0.6) is 5.75 Å². The Hall–Kier alpha value is -1.02. The molecule has 174 valence electrons. The first-order valence-electron chi connectivity index (χ1n) is 13.0. The summed E-state index contributed by atoms with van der Waals surface area (Å²) in [6.07, 6.45) is 23.5. The van der Waals surface area contributed by atoms with Crippen LogP contribution < -0.4 is 10.5 Å². The summed E-state index contributed by atoms with van der Waals surface area (Å²) in [6.45, 7) is 6.44. The Bertz CT molecular complexity index is 479. The Morgan fingerprint density at radius 1 is 0.667 bits per heavy atom. The molecule has 0 aromatic heterocycles. The van der Waals surface area contributed by atoms with E-state index in [1.807, 2.05) is 30.3 Å². The summed E-state index contributed by atoms with van der Waals surface area (Å²) < 4.78 is 6.18. The van der Waals surface area contributed by atoms with Gasteiger partial charge in [-0.15, -0.1) is 0 Å². The number of rotatable bonds is 20. The lowest BCUT2D eigenvalue weighted by molar-refractivity contribution is 0.117. The largest absolute Gasteiger partial charge is 0.489 e. The zero-order chi connectivity index (χ0) is 21.9. The molecule has 2 heteroatoms. The molecule has 1 rings (SSSR count). The van der Waals surface area contributed by atoms with Crippen LogP contribution in [-0.4, -0.2) is 11.6 Å². The molecule has 0 saturated heterocycles. The van der Waals surface area contributed by atoms with Gasteiger partial charge in [0.15, 0.2) is 0 Å². The van der Waals surface area contributed by atoms with Gasteiger partial charge in [-0.3, -0.25) is 0 Å². The molecule has 0 aliphatic rings. The molecule has 1 aromatic carbocycles. The molecular weight excluding hydrogens is 366 g/mol. The molecule has 0 heterocycles. The summed E-state index contributed by atoms with van der Waals surface area (Å²) in [5.74, 6) is 0.928. The van der Waals surface area contributed by atoms with Crippen LogP contribution in [0.3, 0.4) is 0 Å². The highest BCUT2D eigenvalue weighted by atomic mass is 16.5. The third-order valence-electron chi connectivity index (χ3n) is 6.17. The van der Waals surface area contributed by atoms with Gasteiger partial charge in [0.25, 0.3) is 0 Å². The summed E-state index contributed by atoms with van der Waals surface area (Å²) in [7, 11) is 0. The van der Waals surface area contributed by atoms with Crippen LogP contribution in [0.25, 0.3) is 0 Å². The molecular formula is C28H51NO. The molecule has 2 N–H and O–H groups in total. The standard InChI is InChI=1S/C28H51NO/c1-4-5-6-7-8-9-10-11-12-13-14-15-16-17-18-22-25-27(28(2,3)29)30-26-23-20-19-21-24-26/h19-21,23-24,27H,4-18,22,25,29H2,1-3H3. The van der Waals surface area contributed by atoms with Gasteiger partial charge in [0.1, 0.15) is 11.9 Å². The molecule has 30 heavy (non-hydrogen) atoms. The molecule has 0 saturated carbocycles. The molecule has 0 amide bonds. The lowest BCUT2D eigenvalue weighted by atomic mass is 9.93. The molecule has 2 nitrogen and oxygen atoms in total. The second-order valence-corrected chi connectivity index (χ2v) is 9.83. The summed E-state index contributed by atoms with van der Waals surface area (Å²) in [5.41, 5.74) is 6.05. The van der Waals surface area contributed by atoms with E-state index in [9.17, 15) is 0 Å². The topological polar surface area (TPSA) is 35.2 Å². The Balaban J connectivity index is 1.94. The fraction of sp³-hybridized carbons (Fsp3) is 0.786. The average molecular weight is 418 g/mol. The maximum atomic E-state index is 6.37. The third-order valence-corrected chi connectivity index (χ3v) is 6.17. The van der Waals surface area contributed by atoms with E-state index in [4.69, 9.17) is 10.5 Å². The van der Waals surface area contributed by atoms with Crippen molar-refractivity contribution < 1.29 is 4.74 Å². The fourth-order valence-electron chi connectivity index (χ4n) is 4.12. The highest BCUT2D eigenvalue weighted by molar-refractivity contribution is 5.21. The summed E-state index contributed by atoms with van der Waals surface area (Å²) >= 11 is 0. The fourth-order valence-corrected chi connectivity index (χ4v) is 4.12. The van der Waals surface area contributed by atoms with Crippen molar-refractivity contribution in [3.8, 4) is 5.75 Å². The van der Waals surface area contributed by atoms with E-state index in [-0.39, 0.29) is 11.6 Å². The van der Waals surface area contributed by atoms with Gasteiger partial charge >= 0.3 is 0 Å². The van der Waals surface area contributed by atoms with E-state index in [1.54, 1.807) is 0 Å². The predicted octanol–water partition coefficient (Wildman–Crippen LogP) is 8.82. The lowest BCUT2D eigenvalue weighted by Crippen LogP contribution is -2.48. The van der Waals surface area contributed by atoms with E-state index in [0.717, 1.165) is 12.2 Å². The Morgan fingerprint density at radius 3 is 1.47 bits per heavy atom. The van der Waals surface area contributed by atoms with Crippen LogP contribution >= 0.6 is 0 Å². The first kappa shape index (κ1) is 27.0. The molecule has 1 atom stereocenters. The highest BCUT2D eigenvalue weighted by Crippen LogP contribution is 2.22. The van der Waals surface area contributed by atoms with Crippen LogP contribution in [0.1, 0.15) is 130 Å². The number of benzene rings is 1. The molecule has 0 aliphatic heterocycles. The summed E-state index contributed by atoms with van der Waals surface area (Å²) in [5, 5.41) is 0. The maximum absolute atomic E-state index is 6.37. The van der Waals surface area contributed by atoms with Crippen LogP contribution in [0.15, 0.2) is 30.3 Å². The predicted molar refractivity (Wildman–Crippen MR) is 133 cm³/mol. The molecule has 0 spiro atoms. The number of nitrogens with two attached hydrogens (primary N) is 1. The minimum atomic E-state index is -0.314. The molecule has 1 unspecified atom stereocenters.